The summed E-state index contributed by atoms with van der Waals surface area (Å²) >= 11 is 0. The predicted molar refractivity (Wildman–Crippen MR) is 124 cm³/mol. The van der Waals surface area contributed by atoms with Crippen LogP contribution in [0.5, 0.6) is 0 Å². The number of allylic oxidation sites excluding steroid dienone is 1. The van der Waals surface area contributed by atoms with Gasteiger partial charge in [0, 0.05) is 22.5 Å². The topological polar surface area (TPSA) is 17.3 Å². The molecule has 29 heavy (non-hydrogen) atoms. The molecule has 1 aliphatic rings. The first-order valence-corrected chi connectivity index (χ1v) is 10.2. The quantitative estimate of drug-likeness (QED) is 0.341. The van der Waals surface area contributed by atoms with Crippen molar-refractivity contribution in [1.29, 1.82) is 0 Å². The fourth-order valence-corrected chi connectivity index (χ4v) is 4.27. The van der Waals surface area contributed by atoms with Crippen LogP contribution in [0.2, 0.25) is 0 Å². The third kappa shape index (κ3) is 3.11. The Labute approximate surface area is 171 Å². The highest BCUT2D eigenvalue weighted by atomic mass is 15.0. The highest BCUT2D eigenvalue weighted by Crippen LogP contribution is 2.34. The molecule has 3 aromatic carbocycles. The van der Waals surface area contributed by atoms with Gasteiger partial charge in [0.15, 0.2) is 0 Å². The van der Waals surface area contributed by atoms with E-state index in [4.69, 9.17) is 4.99 Å². The summed E-state index contributed by atoms with van der Waals surface area (Å²) in [5.74, 6) is 0. The Balaban J connectivity index is 1.65. The second-order valence-corrected chi connectivity index (χ2v) is 7.69. The van der Waals surface area contributed by atoms with E-state index < -0.39 is 0 Å². The molecule has 1 aromatic heterocycles. The summed E-state index contributed by atoms with van der Waals surface area (Å²) in [6.45, 7) is 4.20. The summed E-state index contributed by atoms with van der Waals surface area (Å²) in [6, 6.07) is 25.7. The second kappa shape index (κ2) is 7.21. The fraction of sp³-hybridized carbons (Fsp3) is 0.148. The first-order chi connectivity index (χ1) is 14.2. The minimum Gasteiger partial charge on any atom is -0.310 e. The molecule has 0 radical (unpaired) electrons. The molecule has 0 unspecified atom stereocenters. The molecule has 2 heteroatoms. The first kappa shape index (κ1) is 17.7. The van der Waals surface area contributed by atoms with E-state index in [9.17, 15) is 0 Å². The smallest absolute Gasteiger partial charge is 0.0662 e. The van der Waals surface area contributed by atoms with Gasteiger partial charge in [0.2, 0.25) is 0 Å². The number of para-hydroxylation sites is 2. The maximum Gasteiger partial charge on any atom is 0.0662 e. The zero-order valence-electron chi connectivity index (χ0n) is 16.9. The molecule has 1 heterocycles. The lowest BCUT2D eigenvalue weighted by atomic mass is 10.0. The molecule has 0 saturated carbocycles. The van der Waals surface area contributed by atoms with E-state index in [-0.39, 0.29) is 0 Å². The Hall–Kier alpha value is -3.39. The summed E-state index contributed by atoms with van der Waals surface area (Å²) in [5, 5.41) is 1.36. The van der Waals surface area contributed by atoms with E-state index in [0.29, 0.717) is 0 Å². The van der Waals surface area contributed by atoms with Crippen LogP contribution in [-0.4, -0.2) is 10.3 Å². The van der Waals surface area contributed by atoms with Crippen LogP contribution in [0.4, 0.5) is 5.69 Å². The van der Waals surface area contributed by atoms with Gasteiger partial charge in [0.05, 0.1) is 11.2 Å². The van der Waals surface area contributed by atoms with Gasteiger partial charge in [0.1, 0.15) is 0 Å². The molecule has 0 amide bonds. The number of rotatable bonds is 3. The van der Waals surface area contributed by atoms with E-state index >= 15 is 0 Å². The maximum atomic E-state index is 4.89. The van der Waals surface area contributed by atoms with Gasteiger partial charge in [-0.3, -0.25) is 4.99 Å². The van der Waals surface area contributed by atoms with Crippen molar-refractivity contribution < 1.29 is 0 Å². The number of hydrogen-bond donors (Lipinski definition) is 0. The standard InChI is InChI=1S/C27H24N2/c1-19-10-3-6-15-25(19)28-20(2)21-11-9-12-22(18-21)29-26-16-7-4-13-23(26)24-14-5-8-17-27(24)29/h3-4,6-13,15-18H,5,14H2,1-2H3/b28-20+. The van der Waals surface area contributed by atoms with E-state index in [1.54, 1.807) is 0 Å². The largest absolute Gasteiger partial charge is 0.310 e. The molecular formula is C27H24N2. The highest BCUT2D eigenvalue weighted by molar-refractivity contribution is 6.01. The number of benzene rings is 3. The molecule has 0 aliphatic heterocycles. The van der Waals surface area contributed by atoms with E-state index in [1.165, 1.54) is 33.4 Å². The van der Waals surface area contributed by atoms with Crippen LogP contribution in [-0.2, 0) is 6.42 Å². The van der Waals surface area contributed by atoms with Crippen molar-refractivity contribution in [2.75, 3.05) is 0 Å². The lowest BCUT2D eigenvalue weighted by Crippen LogP contribution is -2.02. The van der Waals surface area contributed by atoms with Gasteiger partial charge in [-0.25, -0.2) is 0 Å². The minimum absolute atomic E-state index is 1.03. The summed E-state index contributed by atoms with van der Waals surface area (Å²) in [6.07, 6.45) is 6.78. The Bertz CT molecular complexity index is 1270. The van der Waals surface area contributed by atoms with Crippen molar-refractivity contribution in [3.63, 3.8) is 0 Å². The molecule has 2 nitrogen and oxygen atoms in total. The molecule has 0 N–H and O–H groups in total. The Morgan fingerprint density at radius 3 is 2.66 bits per heavy atom. The molecule has 0 saturated heterocycles. The number of aliphatic imine (C=N–C) groups is 1. The number of aromatic nitrogens is 1. The Morgan fingerprint density at radius 1 is 0.931 bits per heavy atom. The van der Waals surface area contributed by atoms with Gasteiger partial charge in [-0.1, -0.05) is 54.6 Å². The summed E-state index contributed by atoms with van der Waals surface area (Å²) in [7, 11) is 0. The SMILES string of the molecule is C/C(=N\c1ccccc1C)c1cccc(-n2c3c(c4ccccc42)CCC=C3)c1. The van der Waals surface area contributed by atoms with Crippen molar-refractivity contribution in [3.05, 3.63) is 101 Å². The molecule has 0 atom stereocenters. The zero-order chi connectivity index (χ0) is 19.8. The van der Waals surface area contributed by atoms with Crippen LogP contribution in [0.3, 0.4) is 0 Å². The summed E-state index contributed by atoms with van der Waals surface area (Å²) in [4.78, 5) is 4.89. The van der Waals surface area contributed by atoms with Crippen LogP contribution in [0.15, 0.2) is 83.9 Å². The Morgan fingerprint density at radius 2 is 1.76 bits per heavy atom. The van der Waals surface area contributed by atoms with Gasteiger partial charge < -0.3 is 4.57 Å². The lowest BCUT2D eigenvalue weighted by Gasteiger charge is -2.13. The maximum absolute atomic E-state index is 4.89. The monoisotopic (exact) mass is 376 g/mol. The van der Waals surface area contributed by atoms with E-state index in [1.807, 2.05) is 6.07 Å². The molecule has 5 rings (SSSR count). The molecule has 4 aromatic rings. The number of hydrogen-bond acceptors (Lipinski definition) is 1. The van der Waals surface area contributed by atoms with Crippen LogP contribution >= 0.6 is 0 Å². The predicted octanol–water partition coefficient (Wildman–Crippen LogP) is 7.04. The van der Waals surface area contributed by atoms with Crippen molar-refractivity contribution >= 4 is 28.4 Å². The zero-order valence-corrected chi connectivity index (χ0v) is 16.9. The first-order valence-electron chi connectivity index (χ1n) is 10.2. The number of nitrogens with zero attached hydrogens (tertiary/aromatic N) is 2. The van der Waals surface area contributed by atoms with Crippen molar-refractivity contribution in [1.82, 2.24) is 4.57 Å². The second-order valence-electron chi connectivity index (χ2n) is 7.69. The summed E-state index contributed by atoms with van der Waals surface area (Å²) in [5.41, 5.74) is 9.63. The molecule has 1 aliphatic carbocycles. The Kier molecular flexibility index (Phi) is 4.40. The highest BCUT2D eigenvalue weighted by Gasteiger charge is 2.18. The molecule has 0 spiro atoms. The van der Waals surface area contributed by atoms with Gasteiger partial charge >= 0.3 is 0 Å². The van der Waals surface area contributed by atoms with Crippen LogP contribution in [0, 0.1) is 6.92 Å². The molecule has 0 bridgehead atoms. The normalized spacial score (nSPS) is 13.7. The van der Waals surface area contributed by atoms with Crippen molar-refractivity contribution in [2.24, 2.45) is 4.99 Å². The summed E-state index contributed by atoms with van der Waals surface area (Å²) < 4.78 is 2.39. The van der Waals surface area contributed by atoms with Gasteiger partial charge in [-0.05, 0) is 73.7 Å². The third-order valence-corrected chi connectivity index (χ3v) is 5.78. The van der Waals surface area contributed by atoms with Crippen LogP contribution < -0.4 is 0 Å². The molecule has 142 valence electrons. The van der Waals surface area contributed by atoms with Gasteiger partial charge in [-0.2, -0.15) is 0 Å². The van der Waals surface area contributed by atoms with E-state index in [2.05, 4.69) is 97.3 Å². The average molecular weight is 377 g/mol. The molecule has 0 fully saturated rings. The van der Waals surface area contributed by atoms with E-state index in [0.717, 1.165) is 29.8 Å². The van der Waals surface area contributed by atoms with Crippen LogP contribution in [0.1, 0.15) is 35.7 Å². The third-order valence-electron chi connectivity index (χ3n) is 5.78. The van der Waals surface area contributed by atoms with Crippen LogP contribution in [0.25, 0.3) is 22.7 Å². The van der Waals surface area contributed by atoms with Gasteiger partial charge in [0.25, 0.3) is 0 Å². The average Bonchev–Trinajstić information content (AvgIpc) is 3.10. The number of fused-ring (bicyclic) bond motifs is 3. The lowest BCUT2D eigenvalue weighted by molar-refractivity contribution is 0.967. The van der Waals surface area contributed by atoms with Crippen molar-refractivity contribution in [2.45, 2.75) is 26.7 Å². The fourth-order valence-electron chi connectivity index (χ4n) is 4.27. The molecular weight excluding hydrogens is 352 g/mol. The minimum atomic E-state index is 1.03. The number of aryl methyl sites for hydroxylation is 2. The van der Waals surface area contributed by atoms with Crippen molar-refractivity contribution in [3.8, 4) is 5.69 Å². The van der Waals surface area contributed by atoms with Gasteiger partial charge in [-0.15, -0.1) is 0 Å².